The Balaban J connectivity index is 1.40. The highest BCUT2D eigenvalue weighted by atomic mass is 35.5. The van der Waals surface area contributed by atoms with Crippen LogP contribution in [-0.2, 0) is 13.6 Å². The van der Waals surface area contributed by atoms with Crippen LogP contribution in [0, 0.1) is 11.3 Å². The second kappa shape index (κ2) is 9.51. The van der Waals surface area contributed by atoms with Gasteiger partial charge in [-0.3, -0.25) is 24.0 Å². The summed E-state index contributed by atoms with van der Waals surface area (Å²) in [6, 6.07) is 23.9. The molecule has 3 heterocycles. The van der Waals surface area contributed by atoms with E-state index in [1.54, 1.807) is 54.3 Å². The van der Waals surface area contributed by atoms with Crippen molar-refractivity contribution in [3.05, 3.63) is 117 Å². The smallest absolute Gasteiger partial charge is 0.269 e. The molecule has 0 spiro atoms. The molecule has 0 bridgehead atoms. The minimum absolute atomic E-state index is 0.164. The van der Waals surface area contributed by atoms with E-state index in [1.165, 1.54) is 0 Å². The molecule has 0 saturated heterocycles. The molecule has 0 radical (unpaired) electrons. The number of imide groups is 1. The number of amides is 2. The van der Waals surface area contributed by atoms with Crippen molar-refractivity contribution in [1.82, 2.24) is 24.9 Å². The fraction of sp³-hybridized carbons (Fsp3) is 0.0625. The zero-order valence-electron chi connectivity index (χ0n) is 22.1. The Morgan fingerprint density at radius 1 is 0.881 bits per heavy atom. The van der Waals surface area contributed by atoms with Crippen molar-refractivity contribution >= 4 is 45.0 Å². The predicted octanol–water partition coefficient (Wildman–Crippen LogP) is 5.47. The number of rotatable bonds is 4. The Bertz CT molecular complexity index is 2210. The Morgan fingerprint density at radius 2 is 1.60 bits per heavy atom. The maximum absolute atomic E-state index is 13.1. The van der Waals surface area contributed by atoms with Crippen LogP contribution in [0.3, 0.4) is 0 Å². The predicted molar refractivity (Wildman–Crippen MR) is 158 cm³/mol. The summed E-state index contributed by atoms with van der Waals surface area (Å²) in [5, 5.41) is 23.8. The molecule has 0 fully saturated rings. The third-order valence-corrected chi connectivity index (χ3v) is 7.95. The number of nitrogens with zero attached hydrogens (tertiary/aromatic N) is 5. The molecule has 2 amide bonds. The van der Waals surface area contributed by atoms with E-state index in [2.05, 4.69) is 21.4 Å². The van der Waals surface area contributed by atoms with E-state index in [9.17, 15) is 19.6 Å². The summed E-state index contributed by atoms with van der Waals surface area (Å²) in [5.74, 6) is -0.872. The van der Waals surface area contributed by atoms with Crippen LogP contribution in [0.4, 0.5) is 0 Å². The highest BCUT2D eigenvalue weighted by Gasteiger charge is 2.36. The van der Waals surface area contributed by atoms with Gasteiger partial charge in [0.05, 0.1) is 51.2 Å². The lowest BCUT2D eigenvalue weighted by atomic mass is 9.93. The minimum Gasteiger partial charge on any atom is -0.269 e. The number of aryl methyl sites for hydroxylation is 1. The number of hydrogen-bond acceptors (Lipinski definition) is 6. The number of nitrogens with one attached hydrogen (secondary N) is 1. The molecular formula is C32H19ClN6O3. The molecule has 0 unspecified atom stereocenters. The number of halogens is 1. The summed E-state index contributed by atoms with van der Waals surface area (Å²) in [6.45, 7) is -0.164. The van der Waals surface area contributed by atoms with Crippen LogP contribution in [0.25, 0.3) is 43.9 Å². The molecule has 1 N–H and O–H groups in total. The molecule has 1 aliphatic heterocycles. The van der Waals surface area contributed by atoms with Crippen molar-refractivity contribution in [2.75, 3.05) is 0 Å². The molecule has 202 valence electrons. The normalized spacial score (nSPS) is 12.7. The van der Waals surface area contributed by atoms with E-state index in [1.807, 2.05) is 36.4 Å². The average Bonchev–Trinajstić information content (AvgIpc) is 3.50. The van der Waals surface area contributed by atoms with Crippen LogP contribution in [0.2, 0.25) is 5.02 Å². The standard InChI is InChI=1S/C32H19ClN6O3/c1-38-29(20-11-10-17-6-2-3-7-19(17)24(20)14-34)25(15-35-38)18-12-23-27(36-37-30(40)28(23)26(33)13-18)16-39-31(41)21-8-4-5-9-22(21)32(39)42/h2-13,15H,16H2,1H3,(H,37,40). The van der Waals surface area contributed by atoms with Gasteiger partial charge in [0.1, 0.15) is 6.07 Å². The highest BCUT2D eigenvalue weighted by molar-refractivity contribution is 6.36. The van der Waals surface area contributed by atoms with Crippen molar-refractivity contribution in [3.63, 3.8) is 0 Å². The zero-order chi connectivity index (χ0) is 29.1. The number of aromatic nitrogens is 4. The topological polar surface area (TPSA) is 125 Å². The first kappa shape index (κ1) is 25.4. The molecule has 10 heteroatoms. The zero-order valence-corrected chi connectivity index (χ0v) is 22.8. The Labute approximate surface area is 243 Å². The van der Waals surface area contributed by atoms with Gasteiger partial charge in [-0.15, -0.1) is 0 Å². The molecule has 4 aromatic carbocycles. The first-order chi connectivity index (χ1) is 20.4. The summed E-state index contributed by atoms with van der Waals surface area (Å²) in [6.07, 6.45) is 1.67. The number of carbonyl (C=O) groups excluding carboxylic acids is 2. The minimum atomic E-state index is -0.500. The Kier molecular flexibility index (Phi) is 5.75. The number of benzene rings is 4. The van der Waals surface area contributed by atoms with E-state index in [4.69, 9.17) is 11.6 Å². The third kappa shape index (κ3) is 3.73. The SMILES string of the molecule is Cn1ncc(-c2cc(Cl)c3c(=O)[nH]nc(CN4C(=O)c5ccccc5C4=O)c3c2)c1-c1ccc2ccccc2c1C#N. The molecule has 1 aliphatic rings. The van der Waals surface area contributed by atoms with E-state index in [-0.39, 0.29) is 17.0 Å². The largest absolute Gasteiger partial charge is 0.273 e. The second-order valence-electron chi connectivity index (χ2n) is 9.97. The van der Waals surface area contributed by atoms with Crippen molar-refractivity contribution < 1.29 is 9.59 Å². The lowest BCUT2D eigenvalue weighted by Crippen LogP contribution is -2.30. The fourth-order valence-corrected chi connectivity index (χ4v) is 5.97. The van der Waals surface area contributed by atoms with E-state index in [0.717, 1.165) is 15.7 Å². The van der Waals surface area contributed by atoms with Crippen molar-refractivity contribution in [2.45, 2.75) is 6.54 Å². The van der Waals surface area contributed by atoms with Gasteiger partial charge in [0.2, 0.25) is 0 Å². The van der Waals surface area contributed by atoms with Crippen LogP contribution in [0.15, 0.2) is 83.8 Å². The summed E-state index contributed by atoms with van der Waals surface area (Å²) < 4.78 is 1.69. The quantitative estimate of drug-likeness (QED) is 0.280. The van der Waals surface area contributed by atoms with Crippen LogP contribution < -0.4 is 5.56 Å². The number of carbonyl (C=O) groups is 2. The van der Waals surface area contributed by atoms with E-state index < -0.39 is 17.4 Å². The van der Waals surface area contributed by atoms with Crippen LogP contribution >= 0.6 is 11.6 Å². The van der Waals surface area contributed by atoms with Crippen molar-refractivity contribution in [2.24, 2.45) is 7.05 Å². The van der Waals surface area contributed by atoms with Gasteiger partial charge in [-0.25, -0.2) is 5.10 Å². The molecule has 42 heavy (non-hydrogen) atoms. The molecule has 2 aromatic heterocycles. The molecule has 0 atom stereocenters. The number of hydrogen-bond donors (Lipinski definition) is 1. The van der Waals surface area contributed by atoms with E-state index in [0.29, 0.717) is 50.2 Å². The number of fused-ring (bicyclic) bond motifs is 3. The maximum atomic E-state index is 13.1. The van der Waals surface area contributed by atoms with Crippen molar-refractivity contribution in [1.29, 1.82) is 5.26 Å². The number of H-pyrrole nitrogens is 1. The highest BCUT2D eigenvalue weighted by Crippen LogP contribution is 2.39. The van der Waals surface area contributed by atoms with Gasteiger partial charge >= 0.3 is 0 Å². The van der Waals surface area contributed by atoms with Gasteiger partial charge in [0, 0.05) is 28.9 Å². The molecule has 0 aliphatic carbocycles. The first-order valence-electron chi connectivity index (χ1n) is 13.0. The maximum Gasteiger partial charge on any atom is 0.273 e. The van der Waals surface area contributed by atoms with Crippen molar-refractivity contribution in [3.8, 4) is 28.5 Å². The molecule has 9 nitrogen and oxygen atoms in total. The summed E-state index contributed by atoms with van der Waals surface area (Å²) in [7, 11) is 1.79. The summed E-state index contributed by atoms with van der Waals surface area (Å²) >= 11 is 6.70. The van der Waals surface area contributed by atoms with Gasteiger partial charge in [-0.1, -0.05) is 60.1 Å². The Hall–Kier alpha value is -5.59. The van der Waals surface area contributed by atoms with Gasteiger partial charge in [0.25, 0.3) is 17.4 Å². The lowest BCUT2D eigenvalue weighted by molar-refractivity contribution is 0.0640. The number of nitriles is 1. The molecular weight excluding hydrogens is 552 g/mol. The fourth-order valence-electron chi connectivity index (χ4n) is 5.67. The van der Waals surface area contributed by atoms with Gasteiger partial charge in [-0.2, -0.15) is 15.5 Å². The van der Waals surface area contributed by atoms with Gasteiger partial charge in [-0.05, 0) is 35.2 Å². The van der Waals surface area contributed by atoms with E-state index >= 15 is 0 Å². The lowest BCUT2D eigenvalue weighted by Gasteiger charge is -2.16. The number of aromatic amines is 1. The van der Waals surface area contributed by atoms with Gasteiger partial charge < -0.3 is 0 Å². The molecule has 0 saturated carbocycles. The Morgan fingerprint density at radius 3 is 2.33 bits per heavy atom. The molecule has 7 rings (SSSR count). The second-order valence-corrected chi connectivity index (χ2v) is 10.4. The van der Waals surface area contributed by atoms with Crippen LogP contribution in [0.5, 0.6) is 0 Å². The average molecular weight is 571 g/mol. The summed E-state index contributed by atoms with van der Waals surface area (Å²) in [5.41, 5.74) is 3.64. The van der Waals surface area contributed by atoms with Crippen LogP contribution in [-0.4, -0.2) is 36.7 Å². The van der Waals surface area contributed by atoms with Gasteiger partial charge in [0.15, 0.2) is 0 Å². The van der Waals surface area contributed by atoms with Crippen LogP contribution in [0.1, 0.15) is 32.0 Å². The molecule has 6 aromatic rings. The summed E-state index contributed by atoms with van der Waals surface area (Å²) in [4.78, 5) is 40.1. The monoisotopic (exact) mass is 570 g/mol. The first-order valence-corrected chi connectivity index (χ1v) is 13.4. The third-order valence-electron chi connectivity index (χ3n) is 7.65.